The summed E-state index contributed by atoms with van der Waals surface area (Å²) in [4.78, 5) is 14.5. The van der Waals surface area contributed by atoms with E-state index in [2.05, 4.69) is 10.1 Å². The Morgan fingerprint density at radius 3 is 2.93 bits per heavy atom. The lowest BCUT2D eigenvalue weighted by atomic mass is 10.1. The van der Waals surface area contributed by atoms with Crippen molar-refractivity contribution in [3.8, 4) is 0 Å². The van der Waals surface area contributed by atoms with Crippen LogP contribution in [0.1, 0.15) is 29.5 Å². The van der Waals surface area contributed by atoms with E-state index in [4.69, 9.17) is 9.84 Å². The molecular formula is C8H11N3O3. The van der Waals surface area contributed by atoms with Crippen LogP contribution in [0.3, 0.4) is 0 Å². The van der Waals surface area contributed by atoms with E-state index in [1.165, 1.54) is 11.0 Å². The number of aromatic carboxylic acids is 1. The Bertz CT molecular complexity index is 330. The largest absolute Gasteiger partial charge is 0.475 e. The van der Waals surface area contributed by atoms with Gasteiger partial charge in [-0.3, -0.25) is 0 Å². The van der Waals surface area contributed by atoms with Gasteiger partial charge in [-0.1, -0.05) is 0 Å². The summed E-state index contributed by atoms with van der Waals surface area (Å²) in [5.41, 5.74) is 0. The molecule has 14 heavy (non-hydrogen) atoms. The molecule has 1 aromatic heterocycles. The van der Waals surface area contributed by atoms with Gasteiger partial charge in [-0.15, -0.1) is 0 Å². The first-order chi connectivity index (χ1) is 6.79. The molecule has 0 radical (unpaired) electrons. The van der Waals surface area contributed by atoms with Crippen molar-refractivity contribution < 1.29 is 14.6 Å². The fourth-order valence-electron chi connectivity index (χ4n) is 1.60. The van der Waals surface area contributed by atoms with Gasteiger partial charge in [-0.25, -0.2) is 14.5 Å². The zero-order valence-corrected chi connectivity index (χ0v) is 7.59. The number of carboxylic acid groups (broad SMARTS) is 1. The molecule has 0 aromatic carbocycles. The van der Waals surface area contributed by atoms with Crippen LogP contribution in [-0.2, 0) is 4.74 Å². The van der Waals surface area contributed by atoms with Crippen LogP contribution in [0, 0.1) is 0 Å². The summed E-state index contributed by atoms with van der Waals surface area (Å²) >= 11 is 0. The third-order valence-corrected chi connectivity index (χ3v) is 2.30. The van der Waals surface area contributed by atoms with Crippen LogP contribution in [0.2, 0.25) is 0 Å². The maximum Gasteiger partial charge on any atom is 0.373 e. The molecule has 0 amide bonds. The van der Waals surface area contributed by atoms with Gasteiger partial charge in [0.15, 0.2) is 0 Å². The van der Waals surface area contributed by atoms with Gasteiger partial charge in [-0.05, 0) is 12.8 Å². The minimum Gasteiger partial charge on any atom is -0.475 e. The van der Waals surface area contributed by atoms with Crippen LogP contribution in [-0.4, -0.2) is 39.1 Å². The number of carbonyl (C=O) groups is 1. The Kier molecular flexibility index (Phi) is 2.45. The van der Waals surface area contributed by atoms with Crippen molar-refractivity contribution >= 4 is 5.97 Å². The Balaban J connectivity index is 2.21. The van der Waals surface area contributed by atoms with E-state index < -0.39 is 5.97 Å². The molecule has 0 unspecified atom stereocenters. The molecule has 6 heteroatoms. The standard InChI is InChI=1S/C8H11N3O3/c12-8(13)7-9-5-10-11(7)6-1-3-14-4-2-6/h5-6H,1-4H2,(H,12,13). The molecule has 2 rings (SSSR count). The lowest BCUT2D eigenvalue weighted by Crippen LogP contribution is -2.23. The number of carboxylic acids is 1. The summed E-state index contributed by atoms with van der Waals surface area (Å²) in [5, 5.41) is 12.8. The molecule has 1 fully saturated rings. The van der Waals surface area contributed by atoms with Crippen LogP contribution in [0.25, 0.3) is 0 Å². The molecule has 0 aliphatic carbocycles. The van der Waals surface area contributed by atoms with E-state index >= 15 is 0 Å². The second-order valence-electron chi connectivity index (χ2n) is 3.18. The van der Waals surface area contributed by atoms with E-state index in [9.17, 15) is 4.79 Å². The number of hydrogen-bond donors (Lipinski definition) is 1. The maximum atomic E-state index is 10.8. The highest BCUT2D eigenvalue weighted by Crippen LogP contribution is 2.20. The summed E-state index contributed by atoms with van der Waals surface area (Å²) in [6.45, 7) is 1.31. The fourth-order valence-corrected chi connectivity index (χ4v) is 1.60. The van der Waals surface area contributed by atoms with Crippen LogP contribution < -0.4 is 0 Å². The molecule has 2 heterocycles. The highest BCUT2D eigenvalue weighted by molar-refractivity contribution is 5.83. The SMILES string of the molecule is O=C(O)c1ncnn1C1CCOCC1. The van der Waals surface area contributed by atoms with Crippen molar-refractivity contribution in [1.82, 2.24) is 14.8 Å². The zero-order valence-electron chi connectivity index (χ0n) is 7.59. The first-order valence-electron chi connectivity index (χ1n) is 4.49. The Hall–Kier alpha value is -1.43. The summed E-state index contributed by atoms with van der Waals surface area (Å²) in [7, 11) is 0. The Morgan fingerprint density at radius 1 is 1.57 bits per heavy atom. The highest BCUT2D eigenvalue weighted by Gasteiger charge is 2.22. The van der Waals surface area contributed by atoms with Gasteiger partial charge < -0.3 is 9.84 Å². The highest BCUT2D eigenvalue weighted by atomic mass is 16.5. The van der Waals surface area contributed by atoms with Gasteiger partial charge in [0.1, 0.15) is 6.33 Å². The number of hydrogen-bond acceptors (Lipinski definition) is 4. The second-order valence-corrected chi connectivity index (χ2v) is 3.18. The molecule has 1 aromatic rings. The third-order valence-electron chi connectivity index (χ3n) is 2.30. The fraction of sp³-hybridized carbons (Fsp3) is 0.625. The molecule has 76 valence electrons. The minimum absolute atomic E-state index is 0.0110. The van der Waals surface area contributed by atoms with Crippen LogP contribution in [0.4, 0.5) is 0 Å². The molecule has 0 spiro atoms. The van der Waals surface area contributed by atoms with Crippen molar-refractivity contribution in [1.29, 1.82) is 0 Å². The lowest BCUT2D eigenvalue weighted by Gasteiger charge is -2.22. The van der Waals surface area contributed by atoms with Gasteiger partial charge in [0, 0.05) is 13.2 Å². The molecule has 1 aliphatic rings. The second kappa shape index (κ2) is 3.75. The van der Waals surface area contributed by atoms with Crippen LogP contribution >= 0.6 is 0 Å². The van der Waals surface area contributed by atoms with Crippen molar-refractivity contribution in [3.63, 3.8) is 0 Å². The van der Waals surface area contributed by atoms with Gasteiger partial charge in [0.05, 0.1) is 6.04 Å². The van der Waals surface area contributed by atoms with Crippen molar-refractivity contribution in [2.75, 3.05) is 13.2 Å². The summed E-state index contributed by atoms with van der Waals surface area (Å²) in [5.74, 6) is -1.02. The molecule has 6 nitrogen and oxygen atoms in total. The van der Waals surface area contributed by atoms with Crippen molar-refractivity contribution in [2.24, 2.45) is 0 Å². The average Bonchev–Trinajstić information content (AvgIpc) is 2.67. The first-order valence-corrected chi connectivity index (χ1v) is 4.49. The topological polar surface area (TPSA) is 77.2 Å². The van der Waals surface area contributed by atoms with Gasteiger partial charge in [0.25, 0.3) is 0 Å². The maximum absolute atomic E-state index is 10.8. The lowest BCUT2D eigenvalue weighted by molar-refractivity contribution is 0.0577. The predicted molar refractivity (Wildman–Crippen MR) is 46.1 cm³/mol. The van der Waals surface area contributed by atoms with Crippen molar-refractivity contribution in [3.05, 3.63) is 12.2 Å². The summed E-state index contributed by atoms with van der Waals surface area (Å²) in [6.07, 6.45) is 2.87. The smallest absolute Gasteiger partial charge is 0.373 e. The Labute approximate surface area is 80.5 Å². The predicted octanol–water partition coefficient (Wildman–Crippen LogP) is 0.328. The molecule has 1 saturated heterocycles. The van der Waals surface area contributed by atoms with E-state index in [1.54, 1.807) is 0 Å². The molecule has 1 N–H and O–H groups in total. The number of ether oxygens (including phenoxy) is 1. The van der Waals surface area contributed by atoms with E-state index in [-0.39, 0.29) is 11.9 Å². The minimum atomic E-state index is -1.03. The first kappa shape index (κ1) is 9.14. The molecule has 0 bridgehead atoms. The average molecular weight is 197 g/mol. The molecular weight excluding hydrogens is 186 g/mol. The van der Waals surface area contributed by atoms with Gasteiger partial charge in [-0.2, -0.15) is 5.10 Å². The summed E-state index contributed by atoms with van der Waals surface area (Å²) in [6, 6.07) is 0.109. The quantitative estimate of drug-likeness (QED) is 0.739. The van der Waals surface area contributed by atoms with Gasteiger partial charge >= 0.3 is 5.97 Å². The van der Waals surface area contributed by atoms with Crippen LogP contribution in [0.5, 0.6) is 0 Å². The van der Waals surface area contributed by atoms with E-state index in [1.807, 2.05) is 0 Å². The number of rotatable bonds is 2. The Morgan fingerprint density at radius 2 is 2.29 bits per heavy atom. The monoisotopic (exact) mass is 197 g/mol. The third kappa shape index (κ3) is 1.60. The van der Waals surface area contributed by atoms with E-state index in [0.717, 1.165) is 12.8 Å². The van der Waals surface area contributed by atoms with Gasteiger partial charge in [0.2, 0.25) is 5.82 Å². The molecule has 1 aliphatic heterocycles. The number of nitrogens with zero attached hydrogens (tertiary/aromatic N) is 3. The summed E-state index contributed by atoms with van der Waals surface area (Å²) < 4.78 is 6.67. The van der Waals surface area contributed by atoms with E-state index in [0.29, 0.717) is 13.2 Å². The zero-order chi connectivity index (χ0) is 9.97. The number of aromatic nitrogens is 3. The molecule has 0 saturated carbocycles. The normalized spacial score (nSPS) is 18.3. The molecule has 0 atom stereocenters. The van der Waals surface area contributed by atoms with Crippen LogP contribution in [0.15, 0.2) is 6.33 Å². The van der Waals surface area contributed by atoms with Crippen molar-refractivity contribution in [2.45, 2.75) is 18.9 Å².